The maximum atomic E-state index is 11.5. The first-order valence-corrected chi connectivity index (χ1v) is 15.3. The molecule has 2 aliphatic carbocycles. The molecule has 7 rings (SSSR count). The molecule has 226 valence electrons. The summed E-state index contributed by atoms with van der Waals surface area (Å²) < 4.78 is 0. The molecule has 0 saturated carbocycles. The Morgan fingerprint density at radius 1 is 0.457 bits per heavy atom. The average Bonchev–Trinajstić information content (AvgIpc) is 3.43. The van der Waals surface area contributed by atoms with E-state index in [4.69, 9.17) is 0 Å². The van der Waals surface area contributed by atoms with Crippen molar-refractivity contribution in [3.05, 3.63) is 186 Å². The van der Waals surface area contributed by atoms with Gasteiger partial charge in [-0.25, -0.2) is 0 Å². The summed E-state index contributed by atoms with van der Waals surface area (Å²) in [5.41, 5.74) is 12.4. The van der Waals surface area contributed by atoms with Crippen LogP contribution in [0, 0.1) is 20.2 Å². The number of fused-ring (bicyclic) bond motifs is 2. The molecule has 0 unspecified atom stereocenters. The number of hydrogen-bond acceptors (Lipinski definition) is 4. The number of benzene rings is 5. The van der Waals surface area contributed by atoms with Crippen molar-refractivity contribution in [2.75, 3.05) is 0 Å². The summed E-state index contributed by atoms with van der Waals surface area (Å²) in [6, 6.07) is 39.0. The average molecular weight is 605 g/mol. The molecule has 2 aliphatic rings. The highest BCUT2D eigenvalue weighted by atomic mass is 16.6. The quantitative estimate of drug-likeness (QED) is 0.143. The Labute approximate surface area is 267 Å². The number of nitro groups is 2. The number of nitrogens with zero attached hydrogens (tertiary/aromatic N) is 2. The molecule has 0 saturated heterocycles. The van der Waals surface area contributed by atoms with Crippen LogP contribution in [0.25, 0.3) is 22.3 Å². The summed E-state index contributed by atoms with van der Waals surface area (Å²) in [5.74, 6) is 0. The SMILES string of the molecule is CC1(C)C(c2ccccc2)=C(c2ccc([N+](=O)[O-])cc2)c2cc3c(cc21)C(C)(C)C(c1ccccc1)=C3c1ccc([N+](=O)[O-])cc1. The molecular formula is C40H32N2O4. The highest BCUT2D eigenvalue weighted by Gasteiger charge is 2.45. The van der Waals surface area contributed by atoms with Gasteiger partial charge in [0.15, 0.2) is 0 Å². The minimum absolute atomic E-state index is 0.0506. The van der Waals surface area contributed by atoms with E-state index in [2.05, 4.69) is 64.1 Å². The van der Waals surface area contributed by atoms with Crippen molar-refractivity contribution in [1.82, 2.24) is 0 Å². The Balaban J connectivity index is 1.54. The third-order valence-corrected chi connectivity index (χ3v) is 9.65. The molecule has 0 atom stereocenters. The van der Waals surface area contributed by atoms with Gasteiger partial charge in [0, 0.05) is 35.1 Å². The van der Waals surface area contributed by atoms with E-state index in [9.17, 15) is 20.2 Å². The zero-order chi connectivity index (χ0) is 32.4. The number of hydrogen-bond donors (Lipinski definition) is 0. The van der Waals surface area contributed by atoms with Crippen molar-refractivity contribution in [2.45, 2.75) is 38.5 Å². The fourth-order valence-electron chi connectivity index (χ4n) is 7.53. The molecule has 0 bridgehead atoms. The highest BCUT2D eigenvalue weighted by Crippen LogP contribution is 2.59. The van der Waals surface area contributed by atoms with Crippen molar-refractivity contribution >= 4 is 33.7 Å². The molecule has 0 aliphatic heterocycles. The lowest BCUT2D eigenvalue weighted by Crippen LogP contribution is -2.20. The van der Waals surface area contributed by atoms with Crippen LogP contribution in [0.3, 0.4) is 0 Å². The van der Waals surface area contributed by atoms with Crippen LogP contribution >= 0.6 is 0 Å². The Bertz CT molecular complexity index is 1960. The smallest absolute Gasteiger partial charge is 0.258 e. The van der Waals surface area contributed by atoms with E-state index >= 15 is 0 Å². The van der Waals surface area contributed by atoms with Crippen molar-refractivity contribution in [1.29, 1.82) is 0 Å². The minimum Gasteiger partial charge on any atom is -0.258 e. The highest BCUT2D eigenvalue weighted by molar-refractivity contribution is 6.11. The van der Waals surface area contributed by atoms with Gasteiger partial charge in [0.1, 0.15) is 0 Å². The zero-order valence-corrected chi connectivity index (χ0v) is 26.1. The molecule has 5 aromatic rings. The Kier molecular flexibility index (Phi) is 6.64. The summed E-state index contributed by atoms with van der Waals surface area (Å²) in [5, 5.41) is 23.1. The largest absolute Gasteiger partial charge is 0.269 e. The molecule has 0 heterocycles. The second kappa shape index (κ2) is 10.5. The van der Waals surface area contributed by atoms with E-state index < -0.39 is 0 Å². The first kappa shape index (κ1) is 29.1. The van der Waals surface area contributed by atoms with Gasteiger partial charge in [0.2, 0.25) is 0 Å². The monoisotopic (exact) mass is 604 g/mol. The van der Waals surface area contributed by atoms with Crippen LogP contribution in [0.15, 0.2) is 121 Å². The van der Waals surface area contributed by atoms with Gasteiger partial charge in [-0.1, -0.05) is 94.4 Å². The summed E-state index contributed by atoms with van der Waals surface area (Å²) >= 11 is 0. The van der Waals surface area contributed by atoms with E-state index in [0.29, 0.717) is 0 Å². The maximum absolute atomic E-state index is 11.5. The summed E-state index contributed by atoms with van der Waals surface area (Å²) in [7, 11) is 0. The standard InChI is InChI=1S/C40H32N2O4/c1-39(2)33-24-34-32(23-31(33)35(37(39)27-11-7-5-8-12-27)25-15-19-29(20-16-25)41(43)44)36(26-17-21-30(22-18-26)42(45)46)38(40(34,3)4)28-13-9-6-10-14-28/h5-24H,1-4H3. The van der Waals surface area contributed by atoms with Gasteiger partial charge in [-0.2, -0.15) is 0 Å². The third-order valence-electron chi connectivity index (χ3n) is 9.65. The molecule has 6 nitrogen and oxygen atoms in total. The second-order valence-corrected chi connectivity index (χ2v) is 13.0. The van der Waals surface area contributed by atoms with Gasteiger partial charge in [0.25, 0.3) is 11.4 Å². The maximum Gasteiger partial charge on any atom is 0.269 e. The van der Waals surface area contributed by atoms with Crippen LogP contribution < -0.4 is 0 Å². The molecule has 0 N–H and O–H groups in total. The van der Waals surface area contributed by atoms with Gasteiger partial charge >= 0.3 is 0 Å². The number of nitro benzene ring substituents is 2. The molecule has 5 aromatic carbocycles. The molecule has 0 spiro atoms. The second-order valence-electron chi connectivity index (χ2n) is 13.0. The zero-order valence-electron chi connectivity index (χ0n) is 26.1. The van der Waals surface area contributed by atoms with Gasteiger partial charge in [-0.3, -0.25) is 20.2 Å². The lowest BCUT2D eigenvalue weighted by atomic mass is 9.74. The Morgan fingerprint density at radius 3 is 1.13 bits per heavy atom. The molecule has 46 heavy (non-hydrogen) atoms. The van der Waals surface area contributed by atoms with E-state index in [-0.39, 0.29) is 32.1 Å². The van der Waals surface area contributed by atoms with E-state index in [1.54, 1.807) is 24.3 Å². The van der Waals surface area contributed by atoms with Crippen LogP contribution in [0.2, 0.25) is 0 Å². The Hall–Kier alpha value is -5.62. The van der Waals surface area contributed by atoms with Crippen LogP contribution in [-0.4, -0.2) is 9.85 Å². The van der Waals surface area contributed by atoms with Crippen LogP contribution in [0.5, 0.6) is 0 Å². The fraction of sp³-hybridized carbons (Fsp3) is 0.150. The molecule has 0 radical (unpaired) electrons. The van der Waals surface area contributed by atoms with Gasteiger partial charge in [0.05, 0.1) is 9.85 Å². The van der Waals surface area contributed by atoms with Crippen LogP contribution in [0.1, 0.15) is 72.2 Å². The molecule has 0 fully saturated rings. The van der Waals surface area contributed by atoms with E-state index in [0.717, 1.165) is 44.5 Å². The third kappa shape index (κ3) is 4.40. The number of allylic oxidation sites excluding steroid dienone is 2. The predicted octanol–water partition coefficient (Wildman–Crippen LogP) is 10.0. The minimum atomic E-state index is -0.373. The molecule has 6 heteroatoms. The number of rotatable bonds is 6. The topological polar surface area (TPSA) is 86.3 Å². The first-order valence-electron chi connectivity index (χ1n) is 15.3. The fourth-order valence-corrected chi connectivity index (χ4v) is 7.53. The summed E-state index contributed by atoms with van der Waals surface area (Å²) in [4.78, 5) is 22.3. The van der Waals surface area contributed by atoms with E-state index in [1.807, 2.05) is 60.7 Å². The lowest BCUT2D eigenvalue weighted by Gasteiger charge is -2.29. The normalized spacial score (nSPS) is 15.9. The van der Waals surface area contributed by atoms with Gasteiger partial charge < -0.3 is 0 Å². The van der Waals surface area contributed by atoms with E-state index in [1.165, 1.54) is 22.3 Å². The predicted molar refractivity (Wildman–Crippen MR) is 183 cm³/mol. The van der Waals surface area contributed by atoms with Crippen molar-refractivity contribution < 1.29 is 9.85 Å². The molecule has 0 amide bonds. The summed E-state index contributed by atoms with van der Waals surface area (Å²) in [6.07, 6.45) is 0. The lowest BCUT2D eigenvalue weighted by molar-refractivity contribution is -0.385. The van der Waals surface area contributed by atoms with Crippen molar-refractivity contribution in [3.8, 4) is 0 Å². The van der Waals surface area contributed by atoms with Crippen LogP contribution in [0.4, 0.5) is 11.4 Å². The van der Waals surface area contributed by atoms with Gasteiger partial charge in [-0.05, 0) is 97.1 Å². The molecular weight excluding hydrogens is 572 g/mol. The van der Waals surface area contributed by atoms with Crippen LogP contribution in [-0.2, 0) is 10.8 Å². The first-order chi connectivity index (χ1) is 22.0. The number of non-ortho nitro benzene ring substituents is 2. The molecule has 0 aromatic heterocycles. The summed E-state index contributed by atoms with van der Waals surface area (Å²) in [6.45, 7) is 9.01. The van der Waals surface area contributed by atoms with Crippen molar-refractivity contribution in [2.24, 2.45) is 0 Å². The Morgan fingerprint density at radius 2 is 0.804 bits per heavy atom. The van der Waals surface area contributed by atoms with Crippen molar-refractivity contribution in [3.63, 3.8) is 0 Å². The van der Waals surface area contributed by atoms with Gasteiger partial charge in [-0.15, -0.1) is 0 Å².